The maximum absolute atomic E-state index is 10.2. The third-order valence-electron chi connectivity index (χ3n) is 9.86. The standard InChI is InChI=1S/C21H32O3/c1-11-15-5-6-16-14-4-3-12-9-13(22)7-8-20(12,2)18(14)17-10-21(15,16)19(23-11)24-17/h11-19,22H,3-10H2,1-2H3/t11-,12+,13+,14-,15+,16-,17-,18+,19?,20-,21-/m0/s1. The molecular weight excluding hydrogens is 300 g/mol. The highest BCUT2D eigenvalue weighted by Crippen LogP contribution is 2.74. The molecule has 1 spiro atoms. The van der Waals surface area contributed by atoms with E-state index in [9.17, 15) is 5.11 Å². The van der Waals surface area contributed by atoms with Crippen LogP contribution in [0.5, 0.6) is 0 Å². The molecule has 1 unspecified atom stereocenters. The van der Waals surface area contributed by atoms with Crippen molar-refractivity contribution in [2.75, 3.05) is 0 Å². The first-order valence-electron chi connectivity index (χ1n) is 10.5. The van der Waals surface area contributed by atoms with Crippen LogP contribution in [0.1, 0.15) is 65.2 Å². The van der Waals surface area contributed by atoms with E-state index in [4.69, 9.17) is 9.47 Å². The Morgan fingerprint density at radius 3 is 2.71 bits per heavy atom. The van der Waals surface area contributed by atoms with Gasteiger partial charge in [0.05, 0.1) is 18.3 Å². The Morgan fingerprint density at radius 1 is 1.00 bits per heavy atom. The molecule has 0 radical (unpaired) electrons. The second-order valence-corrected chi connectivity index (χ2v) is 10.4. The second kappa shape index (κ2) is 4.58. The molecule has 2 heterocycles. The van der Waals surface area contributed by atoms with Gasteiger partial charge in [-0.15, -0.1) is 0 Å². The van der Waals surface area contributed by atoms with Gasteiger partial charge in [0.15, 0.2) is 6.29 Å². The lowest BCUT2D eigenvalue weighted by molar-refractivity contribution is -0.174. The summed E-state index contributed by atoms with van der Waals surface area (Å²) >= 11 is 0. The molecule has 2 bridgehead atoms. The minimum absolute atomic E-state index is 0.0570. The molecule has 0 aromatic heterocycles. The van der Waals surface area contributed by atoms with Gasteiger partial charge in [-0.1, -0.05) is 6.92 Å². The molecule has 0 amide bonds. The number of aliphatic hydroxyl groups excluding tert-OH is 1. The molecule has 134 valence electrons. The summed E-state index contributed by atoms with van der Waals surface area (Å²) < 4.78 is 13.0. The van der Waals surface area contributed by atoms with E-state index < -0.39 is 0 Å². The van der Waals surface area contributed by atoms with Gasteiger partial charge >= 0.3 is 0 Å². The van der Waals surface area contributed by atoms with Crippen molar-refractivity contribution >= 4 is 0 Å². The first-order valence-corrected chi connectivity index (χ1v) is 10.5. The van der Waals surface area contributed by atoms with Crippen LogP contribution in [-0.2, 0) is 9.47 Å². The first kappa shape index (κ1) is 15.0. The van der Waals surface area contributed by atoms with Crippen LogP contribution in [0.15, 0.2) is 0 Å². The molecule has 4 saturated carbocycles. The zero-order valence-corrected chi connectivity index (χ0v) is 15.1. The lowest BCUT2D eigenvalue weighted by atomic mass is 9.44. The number of hydrogen-bond donors (Lipinski definition) is 1. The molecule has 4 aliphatic carbocycles. The average Bonchev–Trinajstić information content (AvgIpc) is 3.14. The van der Waals surface area contributed by atoms with Crippen LogP contribution < -0.4 is 0 Å². The van der Waals surface area contributed by atoms with Crippen LogP contribution in [0.3, 0.4) is 0 Å². The Hall–Kier alpha value is -0.120. The Morgan fingerprint density at radius 2 is 1.83 bits per heavy atom. The summed E-state index contributed by atoms with van der Waals surface area (Å²) in [5.74, 6) is 3.85. The second-order valence-electron chi connectivity index (χ2n) is 10.4. The molecule has 0 aromatic rings. The van der Waals surface area contributed by atoms with Crippen molar-refractivity contribution in [1.82, 2.24) is 0 Å². The van der Waals surface area contributed by atoms with E-state index >= 15 is 0 Å². The minimum atomic E-state index is -0.0570. The van der Waals surface area contributed by atoms with E-state index in [-0.39, 0.29) is 12.4 Å². The van der Waals surface area contributed by atoms with E-state index in [1.54, 1.807) is 0 Å². The van der Waals surface area contributed by atoms with Gasteiger partial charge in [-0.05, 0) is 93.3 Å². The number of ether oxygens (including phenoxy) is 2. The van der Waals surface area contributed by atoms with Gasteiger partial charge in [0.25, 0.3) is 0 Å². The van der Waals surface area contributed by atoms with E-state index in [0.717, 1.165) is 30.6 Å². The van der Waals surface area contributed by atoms with Crippen molar-refractivity contribution in [2.24, 2.45) is 40.4 Å². The van der Waals surface area contributed by atoms with Crippen molar-refractivity contribution < 1.29 is 14.6 Å². The van der Waals surface area contributed by atoms with Crippen LogP contribution in [0.25, 0.3) is 0 Å². The predicted molar refractivity (Wildman–Crippen MR) is 90.1 cm³/mol. The fourth-order valence-electron chi connectivity index (χ4n) is 9.04. The number of rotatable bonds is 0. The van der Waals surface area contributed by atoms with Crippen LogP contribution in [0.4, 0.5) is 0 Å². The molecule has 0 aromatic carbocycles. The van der Waals surface area contributed by atoms with Crippen molar-refractivity contribution in [3.8, 4) is 0 Å². The molecule has 24 heavy (non-hydrogen) atoms. The molecule has 6 aliphatic rings. The lowest BCUT2D eigenvalue weighted by Crippen LogP contribution is -2.57. The fraction of sp³-hybridized carbons (Fsp3) is 1.00. The van der Waals surface area contributed by atoms with Crippen molar-refractivity contribution in [1.29, 1.82) is 0 Å². The molecule has 1 N–H and O–H groups in total. The fourth-order valence-corrected chi connectivity index (χ4v) is 9.04. The summed E-state index contributed by atoms with van der Waals surface area (Å²) in [6, 6.07) is 0. The van der Waals surface area contributed by atoms with Gasteiger partial charge in [-0.2, -0.15) is 0 Å². The SMILES string of the molecule is C[C@@H]1OC2O[C@H]3C[C@@]24[C@@H]1CC[C@H]4[C@@H]1CC[C@@H]2C[C@H](O)CC[C@]2(C)[C@H]13. The Kier molecular flexibility index (Phi) is 2.86. The molecule has 2 saturated heterocycles. The van der Waals surface area contributed by atoms with Gasteiger partial charge in [0.1, 0.15) is 0 Å². The quantitative estimate of drug-likeness (QED) is 0.734. The van der Waals surface area contributed by atoms with E-state index in [1.165, 1.54) is 38.5 Å². The van der Waals surface area contributed by atoms with Gasteiger partial charge in [0.2, 0.25) is 0 Å². The van der Waals surface area contributed by atoms with E-state index in [0.29, 0.717) is 34.9 Å². The monoisotopic (exact) mass is 332 g/mol. The summed E-state index contributed by atoms with van der Waals surface area (Å²) in [6.45, 7) is 4.83. The maximum Gasteiger partial charge on any atom is 0.164 e. The maximum atomic E-state index is 10.2. The van der Waals surface area contributed by atoms with Crippen LogP contribution in [-0.4, -0.2) is 29.7 Å². The van der Waals surface area contributed by atoms with Crippen molar-refractivity contribution in [3.05, 3.63) is 0 Å². The lowest BCUT2D eigenvalue weighted by Gasteiger charge is -2.60. The topological polar surface area (TPSA) is 38.7 Å². The molecule has 3 nitrogen and oxygen atoms in total. The predicted octanol–water partition coefficient (Wildman–Crippen LogP) is 3.74. The third-order valence-corrected chi connectivity index (χ3v) is 9.86. The summed E-state index contributed by atoms with van der Waals surface area (Å²) in [7, 11) is 0. The van der Waals surface area contributed by atoms with Gasteiger partial charge in [-0.25, -0.2) is 0 Å². The molecule has 3 heteroatoms. The summed E-state index contributed by atoms with van der Waals surface area (Å²) in [6.07, 6.45) is 10.8. The summed E-state index contributed by atoms with van der Waals surface area (Å²) in [4.78, 5) is 0. The number of aliphatic hydroxyl groups is 1. The highest BCUT2D eigenvalue weighted by molar-refractivity contribution is 5.19. The Bertz CT molecular complexity index is 563. The third kappa shape index (κ3) is 1.53. The van der Waals surface area contributed by atoms with Gasteiger partial charge in [-0.3, -0.25) is 0 Å². The summed E-state index contributed by atoms with van der Waals surface area (Å²) in [5, 5.41) is 10.2. The van der Waals surface area contributed by atoms with Crippen LogP contribution in [0, 0.1) is 40.4 Å². The van der Waals surface area contributed by atoms with Crippen LogP contribution >= 0.6 is 0 Å². The van der Waals surface area contributed by atoms with Crippen LogP contribution in [0.2, 0.25) is 0 Å². The molecule has 6 fully saturated rings. The molecule has 11 atom stereocenters. The van der Waals surface area contributed by atoms with Crippen molar-refractivity contribution in [3.63, 3.8) is 0 Å². The minimum Gasteiger partial charge on any atom is -0.393 e. The zero-order chi connectivity index (χ0) is 16.3. The van der Waals surface area contributed by atoms with E-state index in [2.05, 4.69) is 13.8 Å². The molecule has 6 rings (SSSR count). The smallest absolute Gasteiger partial charge is 0.164 e. The zero-order valence-electron chi connectivity index (χ0n) is 15.1. The van der Waals surface area contributed by atoms with E-state index in [1.807, 2.05) is 0 Å². The first-order chi connectivity index (χ1) is 11.5. The Labute approximate surface area is 145 Å². The average molecular weight is 332 g/mol. The van der Waals surface area contributed by atoms with Crippen molar-refractivity contribution in [2.45, 2.75) is 89.8 Å². The molecule has 2 aliphatic heterocycles. The van der Waals surface area contributed by atoms with Gasteiger partial charge < -0.3 is 14.6 Å². The number of hydrogen-bond acceptors (Lipinski definition) is 3. The van der Waals surface area contributed by atoms with Gasteiger partial charge in [0, 0.05) is 5.41 Å². The molecular formula is C21H32O3. The highest BCUT2D eigenvalue weighted by Gasteiger charge is 2.74. The normalized spacial score (nSPS) is 66.9. The Balaban J connectivity index is 1.41. The summed E-state index contributed by atoms with van der Waals surface area (Å²) in [5.41, 5.74) is 0.749. The number of fused-ring (bicyclic) bond motifs is 6. The largest absolute Gasteiger partial charge is 0.393 e. The highest BCUT2D eigenvalue weighted by atomic mass is 16.7.